The largest absolute Gasteiger partial charge is 0.354 e. The quantitative estimate of drug-likeness (QED) is 0.260. The molecule has 2 heterocycles. The number of para-hydroxylation sites is 1. The van der Waals surface area contributed by atoms with E-state index in [1.54, 1.807) is 0 Å². The number of hydrogen-bond acceptors (Lipinski definition) is 3. The van der Waals surface area contributed by atoms with Crippen LogP contribution in [0.1, 0.15) is 106 Å². The maximum atomic E-state index is 6.45. The third kappa shape index (κ3) is 7.24. The molecule has 4 heteroatoms. The van der Waals surface area contributed by atoms with Crippen LogP contribution in [0, 0.1) is 0 Å². The second-order valence-corrected chi connectivity index (χ2v) is 16.1. The predicted octanol–water partition coefficient (Wildman–Crippen LogP) is 11.4. The molecule has 4 rings (SSSR count). The van der Waals surface area contributed by atoms with E-state index in [4.69, 9.17) is 21.6 Å². The number of aromatic nitrogens is 2. The van der Waals surface area contributed by atoms with Crippen molar-refractivity contribution < 1.29 is 0 Å². The van der Waals surface area contributed by atoms with Crippen molar-refractivity contribution in [2.45, 2.75) is 105 Å². The lowest BCUT2D eigenvalue weighted by atomic mass is 9.83. The zero-order chi connectivity index (χ0) is 31.3. The van der Waals surface area contributed by atoms with Crippen LogP contribution in [0.3, 0.4) is 0 Å². The van der Waals surface area contributed by atoms with Crippen molar-refractivity contribution in [3.05, 3.63) is 94.5 Å². The van der Waals surface area contributed by atoms with Crippen molar-refractivity contribution in [2.75, 3.05) is 5.32 Å². The summed E-state index contributed by atoms with van der Waals surface area (Å²) in [6, 6.07) is 23.5. The van der Waals surface area contributed by atoms with Crippen LogP contribution in [0.15, 0.2) is 66.7 Å². The predicted molar refractivity (Wildman–Crippen MR) is 182 cm³/mol. The molecule has 0 bridgehead atoms. The highest BCUT2D eigenvalue weighted by molar-refractivity contribution is 6.30. The van der Waals surface area contributed by atoms with E-state index >= 15 is 0 Å². The molecule has 0 amide bonds. The van der Waals surface area contributed by atoms with Crippen molar-refractivity contribution in [3.8, 4) is 22.3 Å². The van der Waals surface area contributed by atoms with E-state index in [-0.39, 0.29) is 21.7 Å². The first-order chi connectivity index (χ1) is 19.2. The topological polar surface area (TPSA) is 37.8 Å². The SMILES string of the molecule is CC(C)(C)c1cc(-c2cccc(-c3cc(C(C)(C)C)nc(C(C)(C)C)c3)c2Nc2cccc(Cl)c2)cc(C(C)(C)C)n1. The Kier molecular flexibility index (Phi) is 8.43. The molecule has 42 heavy (non-hydrogen) atoms. The van der Waals surface area contributed by atoms with Crippen molar-refractivity contribution in [2.24, 2.45) is 0 Å². The van der Waals surface area contributed by atoms with Gasteiger partial charge in [-0.3, -0.25) is 9.97 Å². The van der Waals surface area contributed by atoms with E-state index in [2.05, 4.69) is 137 Å². The van der Waals surface area contributed by atoms with E-state index in [0.717, 1.165) is 56.4 Å². The van der Waals surface area contributed by atoms with E-state index in [1.165, 1.54) is 0 Å². The van der Waals surface area contributed by atoms with Crippen LogP contribution in [-0.4, -0.2) is 9.97 Å². The Labute approximate surface area is 259 Å². The van der Waals surface area contributed by atoms with Gasteiger partial charge in [-0.25, -0.2) is 0 Å². The van der Waals surface area contributed by atoms with E-state index in [1.807, 2.05) is 18.2 Å². The van der Waals surface area contributed by atoms with Crippen LogP contribution < -0.4 is 5.32 Å². The minimum absolute atomic E-state index is 0.0948. The van der Waals surface area contributed by atoms with E-state index in [0.29, 0.717) is 5.02 Å². The molecule has 0 aliphatic rings. The highest BCUT2D eigenvalue weighted by Crippen LogP contribution is 2.42. The molecule has 0 saturated carbocycles. The summed E-state index contributed by atoms with van der Waals surface area (Å²) in [5, 5.41) is 4.48. The summed E-state index contributed by atoms with van der Waals surface area (Å²) in [5.74, 6) is 0. The maximum absolute atomic E-state index is 6.45. The number of anilines is 2. The van der Waals surface area contributed by atoms with Crippen LogP contribution >= 0.6 is 11.6 Å². The van der Waals surface area contributed by atoms with E-state index in [9.17, 15) is 0 Å². The minimum Gasteiger partial charge on any atom is -0.354 e. The minimum atomic E-state index is -0.0948. The van der Waals surface area contributed by atoms with Crippen molar-refractivity contribution in [1.29, 1.82) is 0 Å². The summed E-state index contributed by atoms with van der Waals surface area (Å²) >= 11 is 6.45. The van der Waals surface area contributed by atoms with Crippen molar-refractivity contribution >= 4 is 23.0 Å². The van der Waals surface area contributed by atoms with Gasteiger partial charge in [0.1, 0.15) is 0 Å². The zero-order valence-corrected chi connectivity index (χ0v) is 28.4. The third-order valence-corrected chi connectivity index (χ3v) is 7.74. The summed E-state index contributed by atoms with van der Waals surface area (Å²) in [5.41, 5.74) is 10.5. The first-order valence-corrected chi connectivity index (χ1v) is 15.3. The molecule has 2 aromatic heterocycles. The normalized spacial score (nSPS) is 12.9. The molecule has 0 unspecified atom stereocenters. The fraction of sp³-hybridized carbons (Fsp3) is 0.421. The Hall–Kier alpha value is -3.17. The Morgan fingerprint density at radius 2 is 0.857 bits per heavy atom. The van der Waals surface area contributed by atoms with Gasteiger partial charge in [0, 0.05) is 66.3 Å². The maximum Gasteiger partial charge on any atom is 0.0543 e. The third-order valence-electron chi connectivity index (χ3n) is 7.50. The fourth-order valence-corrected chi connectivity index (χ4v) is 4.98. The molecule has 0 aliphatic heterocycles. The number of nitrogens with one attached hydrogen (secondary N) is 1. The molecule has 222 valence electrons. The average Bonchev–Trinajstić information content (AvgIpc) is 2.86. The second-order valence-electron chi connectivity index (χ2n) is 15.6. The number of halogens is 1. The lowest BCUT2D eigenvalue weighted by Crippen LogP contribution is -2.20. The van der Waals surface area contributed by atoms with Gasteiger partial charge in [0.05, 0.1) is 5.69 Å². The van der Waals surface area contributed by atoms with Crippen molar-refractivity contribution in [1.82, 2.24) is 9.97 Å². The molecule has 0 spiro atoms. The smallest absolute Gasteiger partial charge is 0.0543 e. The zero-order valence-electron chi connectivity index (χ0n) is 27.6. The molecule has 1 N–H and O–H groups in total. The van der Waals surface area contributed by atoms with Crippen LogP contribution in [0.5, 0.6) is 0 Å². The molecule has 0 atom stereocenters. The Bertz CT molecular complexity index is 1430. The standard InChI is InChI=1S/C38H48ClN3/c1-35(2,3)30-19-24(20-31(41-30)36(4,5)6)28-17-14-18-29(34(28)40-27-16-13-15-26(39)23-27)25-21-32(37(7,8)9)42-33(22-25)38(10,11)12/h13-23,40H,1-12H3. The number of rotatable bonds is 4. The molecule has 2 aromatic carbocycles. The Balaban J connectivity index is 2.08. The summed E-state index contributed by atoms with van der Waals surface area (Å²) in [6.45, 7) is 26.7. The van der Waals surface area contributed by atoms with Gasteiger partial charge in [-0.2, -0.15) is 0 Å². The molecule has 0 aliphatic carbocycles. The van der Waals surface area contributed by atoms with Crippen LogP contribution in [0.4, 0.5) is 11.4 Å². The van der Waals surface area contributed by atoms with Gasteiger partial charge >= 0.3 is 0 Å². The molecular weight excluding hydrogens is 534 g/mol. The van der Waals surface area contributed by atoms with Crippen molar-refractivity contribution in [3.63, 3.8) is 0 Å². The number of benzene rings is 2. The first-order valence-electron chi connectivity index (χ1n) is 15.0. The lowest BCUT2D eigenvalue weighted by molar-refractivity contribution is 0.531. The first kappa shape index (κ1) is 31.8. The Morgan fingerprint density at radius 3 is 1.19 bits per heavy atom. The lowest BCUT2D eigenvalue weighted by Gasteiger charge is -2.27. The summed E-state index contributed by atoms with van der Waals surface area (Å²) in [6.07, 6.45) is 0. The van der Waals surface area contributed by atoms with Gasteiger partial charge in [-0.05, 0) is 53.6 Å². The van der Waals surface area contributed by atoms with Gasteiger partial charge in [0.2, 0.25) is 0 Å². The molecular formula is C38H48ClN3. The molecule has 3 nitrogen and oxygen atoms in total. The number of pyridine rings is 2. The second kappa shape index (κ2) is 11.2. The monoisotopic (exact) mass is 581 g/mol. The highest BCUT2D eigenvalue weighted by Gasteiger charge is 2.26. The highest BCUT2D eigenvalue weighted by atomic mass is 35.5. The summed E-state index contributed by atoms with van der Waals surface area (Å²) in [4.78, 5) is 10.3. The summed E-state index contributed by atoms with van der Waals surface area (Å²) in [7, 11) is 0. The van der Waals surface area contributed by atoms with Crippen LogP contribution in [-0.2, 0) is 21.7 Å². The Morgan fingerprint density at radius 1 is 0.500 bits per heavy atom. The molecule has 0 saturated heterocycles. The van der Waals surface area contributed by atoms with E-state index < -0.39 is 0 Å². The molecule has 0 fully saturated rings. The molecule has 4 aromatic rings. The van der Waals surface area contributed by atoms with Crippen LogP contribution in [0.2, 0.25) is 5.02 Å². The molecule has 0 radical (unpaired) electrons. The van der Waals surface area contributed by atoms with Gasteiger partial charge in [-0.1, -0.05) is 119 Å². The van der Waals surface area contributed by atoms with Gasteiger partial charge in [0.25, 0.3) is 0 Å². The number of nitrogens with zero attached hydrogens (tertiary/aromatic N) is 2. The summed E-state index contributed by atoms with van der Waals surface area (Å²) < 4.78 is 0. The van der Waals surface area contributed by atoms with Gasteiger partial charge < -0.3 is 5.32 Å². The average molecular weight is 582 g/mol. The van der Waals surface area contributed by atoms with Gasteiger partial charge in [-0.15, -0.1) is 0 Å². The van der Waals surface area contributed by atoms with Gasteiger partial charge in [0.15, 0.2) is 0 Å². The number of hydrogen-bond donors (Lipinski definition) is 1. The van der Waals surface area contributed by atoms with Crippen LogP contribution in [0.25, 0.3) is 22.3 Å². The fourth-order valence-electron chi connectivity index (χ4n) is 4.79.